The van der Waals surface area contributed by atoms with Gasteiger partial charge < -0.3 is 25.4 Å². The average Bonchev–Trinajstić information content (AvgIpc) is 3.16. The Hall–Kier alpha value is -2.12. The third kappa shape index (κ3) is 8.27. The fourth-order valence-electron chi connectivity index (χ4n) is 2.81. The van der Waals surface area contributed by atoms with Crippen molar-refractivity contribution in [3.8, 4) is 0 Å². The van der Waals surface area contributed by atoms with Crippen LogP contribution in [0.25, 0.3) is 0 Å². The summed E-state index contributed by atoms with van der Waals surface area (Å²) in [5.74, 6) is 0.665. The van der Waals surface area contributed by atoms with Gasteiger partial charge in [-0.2, -0.15) is 0 Å². The lowest BCUT2D eigenvalue weighted by Crippen LogP contribution is -2.40. The van der Waals surface area contributed by atoms with E-state index in [0.717, 1.165) is 37.5 Å². The van der Waals surface area contributed by atoms with Crippen molar-refractivity contribution >= 4 is 11.9 Å². The lowest BCUT2D eigenvalue weighted by molar-refractivity contribution is 0.0420. The number of hydrogen-bond donors (Lipinski definition) is 3. The Kier molecular flexibility index (Phi) is 8.73. The van der Waals surface area contributed by atoms with Crippen molar-refractivity contribution in [1.29, 1.82) is 0 Å². The fraction of sp³-hybridized carbons (Fsp3) is 0.619. The lowest BCUT2D eigenvalue weighted by Gasteiger charge is -2.20. The van der Waals surface area contributed by atoms with Crippen LogP contribution in [-0.2, 0) is 16.0 Å². The molecule has 1 aromatic carbocycles. The van der Waals surface area contributed by atoms with Crippen molar-refractivity contribution in [3.05, 3.63) is 35.4 Å². The molecule has 1 amide bonds. The summed E-state index contributed by atoms with van der Waals surface area (Å²) in [6.45, 7) is 9.51. The Morgan fingerprint density at radius 3 is 2.82 bits per heavy atom. The Labute approximate surface area is 168 Å². The third-order valence-electron chi connectivity index (χ3n) is 4.22. The van der Waals surface area contributed by atoms with Crippen LogP contribution in [-0.4, -0.2) is 56.9 Å². The van der Waals surface area contributed by atoms with E-state index < -0.39 is 0 Å². The zero-order chi connectivity index (χ0) is 20.4. The van der Waals surface area contributed by atoms with Gasteiger partial charge in [0, 0.05) is 44.5 Å². The number of amides is 1. The summed E-state index contributed by atoms with van der Waals surface area (Å²) in [4.78, 5) is 16.6. The number of ether oxygens (including phenoxy) is 2. The molecular formula is C21H34N4O3. The Morgan fingerprint density at radius 1 is 1.32 bits per heavy atom. The molecule has 2 rings (SSSR count). The molecule has 28 heavy (non-hydrogen) atoms. The van der Waals surface area contributed by atoms with E-state index in [4.69, 9.17) is 9.47 Å². The minimum atomic E-state index is -0.258. The van der Waals surface area contributed by atoms with Gasteiger partial charge in [0.25, 0.3) is 5.91 Å². The SMILES string of the molecule is CN=C(NCCCOC1CCOC1)NCc1cccc(C(=O)NC(C)(C)C)c1. The van der Waals surface area contributed by atoms with Crippen LogP contribution < -0.4 is 16.0 Å². The van der Waals surface area contributed by atoms with Crippen LogP contribution in [0.4, 0.5) is 0 Å². The highest BCUT2D eigenvalue weighted by atomic mass is 16.5. The van der Waals surface area contributed by atoms with Crippen LogP contribution in [0.15, 0.2) is 29.3 Å². The first-order chi connectivity index (χ1) is 13.4. The van der Waals surface area contributed by atoms with E-state index >= 15 is 0 Å². The van der Waals surface area contributed by atoms with Crippen molar-refractivity contribution in [2.24, 2.45) is 4.99 Å². The van der Waals surface area contributed by atoms with Crippen molar-refractivity contribution in [1.82, 2.24) is 16.0 Å². The maximum absolute atomic E-state index is 12.3. The quantitative estimate of drug-likeness (QED) is 0.360. The summed E-state index contributed by atoms with van der Waals surface area (Å²) in [5.41, 5.74) is 1.42. The van der Waals surface area contributed by atoms with E-state index in [0.29, 0.717) is 25.3 Å². The van der Waals surface area contributed by atoms with E-state index in [1.54, 1.807) is 7.05 Å². The molecule has 0 spiro atoms. The zero-order valence-corrected chi connectivity index (χ0v) is 17.5. The van der Waals surface area contributed by atoms with Crippen molar-refractivity contribution in [2.45, 2.75) is 51.8 Å². The standard InChI is InChI=1S/C21H34N4O3/c1-21(2,3)25-19(26)17-8-5-7-16(13-17)14-24-20(22-4)23-10-6-11-28-18-9-12-27-15-18/h5,7-8,13,18H,6,9-12,14-15H2,1-4H3,(H,25,26)(H2,22,23,24). The number of rotatable bonds is 8. The molecule has 156 valence electrons. The highest BCUT2D eigenvalue weighted by molar-refractivity contribution is 5.94. The van der Waals surface area contributed by atoms with E-state index in [2.05, 4.69) is 20.9 Å². The Morgan fingerprint density at radius 2 is 2.14 bits per heavy atom. The second-order valence-corrected chi connectivity index (χ2v) is 7.97. The average molecular weight is 391 g/mol. The van der Waals surface area contributed by atoms with Gasteiger partial charge in [0.1, 0.15) is 0 Å². The number of carbonyl (C=O) groups is 1. The van der Waals surface area contributed by atoms with Gasteiger partial charge in [-0.05, 0) is 51.3 Å². The number of benzene rings is 1. The number of hydrogen-bond acceptors (Lipinski definition) is 4. The summed E-state index contributed by atoms with van der Waals surface area (Å²) in [6, 6.07) is 7.62. The zero-order valence-electron chi connectivity index (χ0n) is 17.5. The molecule has 1 fully saturated rings. The predicted octanol–water partition coefficient (Wildman–Crippen LogP) is 2.08. The van der Waals surface area contributed by atoms with Crippen LogP contribution in [0.2, 0.25) is 0 Å². The van der Waals surface area contributed by atoms with Crippen LogP contribution in [0.1, 0.15) is 49.5 Å². The van der Waals surface area contributed by atoms with Gasteiger partial charge in [-0.1, -0.05) is 12.1 Å². The van der Waals surface area contributed by atoms with Gasteiger partial charge in [0.15, 0.2) is 5.96 Å². The van der Waals surface area contributed by atoms with Crippen molar-refractivity contribution in [3.63, 3.8) is 0 Å². The predicted molar refractivity (Wildman–Crippen MR) is 112 cm³/mol. The van der Waals surface area contributed by atoms with Gasteiger partial charge in [-0.3, -0.25) is 9.79 Å². The van der Waals surface area contributed by atoms with Crippen LogP contribution in [0, 0.1) is 0 Å². The normalized spacial score (nSPS) is 17.4. The third-order valence-corrected chi connectivity index (χ3v) is 4.22. The second-order valence-electron chi connectivity index (χ2n) is 7.97. The smallest absolute Gasteiger partial charge is 0.251 e. The highest BCUT2D eigenvalue weighted by Gasteiger charge is 2.16. The maximum Gasteiger partial charge on any atom is 0.251 e. The molecule has 1 saturated heterocycles. The highest BCUT2D eigenvalue weighted by Crippen LogP contribution is 2.09. The molecule has 7 heteroatoms. The molecule has 1 atom stereocenters. The molecule has 0 aromatic heterocycles. The molecule has 0 radical (unpaired) electrons. The number of nitrogens with zero attached hydrogens (tertiary/aromatic N) is 1. The van der Waals surface area contributed by atoms with Gasteiger partial charge in [0.2, 0.25) is 0 Å². The molecule has 1 aliphatic rings. The van der Waals surface area contributed by atoms with Crippen molar-refractivity contribution in [2.75, 3.05) is 33.4 Å². The Bertz CT molecular complexity index is 649. The molecule has 0 aliphatic carbocycles. The molecule has 1 aliphatic heterocycles. The van der Waals surface area contributed by atoms with Crippen LogP contribution in [0.5, 0.6) is 0 Å². The summed E-state index contributed by atoms with van der Waals surface area (Å²) in [5, 5.41) is 9.54. The van der Waals surface area contributed by atoms with Gasteiger partial charge in [0.05, 0.1) is 12.7 Å². The minimum Gasteiger partial charge on any atom is -0.379 e. The van der Waals surface area contributed by atoms with E-state index in [9.17, 15) is 4.79 Å². The molecule has 1 heterocycles. The topological polar surface area (TPSA) is 84.0 Å². The van der Waals surface area contributed by atoms with E-state index in [1.165, 1.54) is 0 Å². The minimum absolute atomic E-state index is 0.0653. The number of carbonyl (C=O) groups excluding carboxylic acids is 1. The number of nitrogens with one attached hydrogen (secondary N) is 3. The van der Waals surface area contributed by atoms with E-state index in [1.807, 2.05) is 45.0 Å². The monoisotopic (exact) mass is 390 g/mol. The molecule has 1 unspecified atom stereocenters. The molecule has 0 bridgehead atoms. The summed E-state index contributed by atoms with van der Waals surface area (Å²) in [7, 11) is 1.74. The first kappa shape index (κ1) is 22.2. The van der Waals surface area contributed by atoms with Crippen LogP contribution >= 0.6 is 0 Å². The largest absolute Gasteiger partial charge is 0.379 e. The molecule has 0 saturated carbocycles. The van der Waals surface area contributed by atoms with Crippen molar-refractivity contribution < 1.29 is 14.3 Å². The lowest BCUT2D eigenvalue weighted by atomic mass is 10.1. The summed E-state index contributed by atoms with van der Waals surface area (Å²) < 4.78 is 11.1. The second kappa shape index (κ2) is 11.0. The Balaban J connectivity index is 1.72. The molecule has 1 aromatic rings. The first-order valence-corrected chi connectivity index (χ1v) is 9.93. The van der Waals surface area contributed by atoms with Gasteiger partial charge in [-0.15, -0.1) is 0 Å². The molecule has 7 nitrogen and oxygen atoms in total. The fourth-order valence-corrected chi connectivity index (χ4v) is 2.81. The summed E-state index contributed by atoms with van der Waals surface area (Å²) in [6.07, 6.45) is 2.14. The first-order valence-electron chi connectivity index (χ1n) is 9.93. The van der Waals surface area contributed by atoms with Gasteiger partial charge in [-0.25, -0.2) is 0 Å². The van der Waals surface area contributed by atoms with E-state index in [-0.39, 0.29) is 17.6 Å². The molecular weight excluding hydrogens is 356 g/mol. The van der Waals surface area contributed by atoms with Gasteiger partial charge >= 0.3 is 0 Å². The summed E-state index contributed by atoms with van der Waals surface area (Å²) >= 11 is 0. The number of guanidine groups is 1. The molecule has 3 N–H and O–H groups in total. The number of aliphatic imine (C=N–C) groups is 1. The van der Waals surface area contributed by atoms with Crippen LogP contribution in [0.3, 0.4) is 0 Å². The maximum atomic E-state index is 12.3.